The lowest BCUT2D eigenvalue weighted by Gasteiger charge is -2.23. The van der Waals surface area contributed by atoms with Crippen LogP contribution in [0.25, 0.3) is 0 Å². The van der Waals surface area contributed by atoms with Gasteiger partial charge in [-0.1, -0.05) is 31.4 Å². The summed E-state index contributed by atoms with van der Waals surface area (Å²) in [6.07, 6.45) is 8.67. The second kappa shape index (κ2) is 9.22. The van der Waals surface area contributed by atoms with Gasteiger partial charge >= 0.3 is 0 Å². The molecule has 0 atom stereocenters. The lowest BCUT2D eigenvalue weighted by molar-refractivity contribution is 0.0954. The fourth-order valence-electron chi connectivity index (χ4n) is 3.36. The molecule has 0 spiro atoms. The summed E-state index contributed by atoms with van der Waals surface area (Å²) in [5.74, 6) is 1.56. The van der Waals surface area contributed by atoms with Gasteiger partial charge in [0.2, 0.25) is 0 Å². The summed E-state index contributed by atoms with van der Waals surface area (Å²) < 4.78 is 5.23. The Morgan fingerprint density at radius 3 is 2.85 bits per heavy atom. The summed E-state index contributed by atoms with van der Waals surface area (Å²) >= 11 is 0. The zero-order valence-corrected chi connectivity index (χ0v) is 15.3. The number of pyridine rings is 1. The Morgan fingerprint density at radius 1 is 1.19 bits per heavy atom. The Morgan fingerprint density at radius 2 is 2.04 bits per heavy atom. The van der Waals surface area contributed by atoms with Crippen LogP contribution >= 0.6 is 0 Å². The van der Waals surface area contributed by atoms with E-state index in [1.807, 2.05) is 30.3 Å². The number of nitrogens with one attached hydrogen (secondary N) is 2. The molecule has 0 radical (unpaired) electrons. The van der Waals surface area contributed by atoms with Gasteiger partial charge in [-0.25, -0.2) is 4.98 Å². The summed E-state index contributed by atoms with van der Waals surface area (Å²) in [6, 6.07) is 12.0. The van der Waals surface area contributed by atoms with Crippen molar-refractivity contribution in [3.63, 3.8) is 0 Å². The smallest absolute Gasteiger partial charge is 0.251 e. The average molecular weight is 353 g/mol. The summed E-state index contributed by atoms with van der Waals surface area (Å²) in [4.78, 5) is 16.8. The van der Waals surface area contributed by atoms with Crippen molar-refractivity contribution in [3.8, 4) is 5.75 Å². The first kappa shape index (κ1) is 18.2. The lowest BCUT2D eigenvalue weighted by Crippen LogP contribution is -2.26. The predicted octanol–water partition coefficient (Wildman–Crippen LogP) is 3.81. The van der Waals surface area contributed by atoms with Crippen LogP contribution in [0, 0.1) is 0 Å². The SMILES string of the molecule is COc1cccc(CCNC(=O)c2ccnc(NC3CCCCC3)c2)c1. The Balaban J connectivity index is 1.51. The highest BCUT2D eigenvalue weighted by atomic mass is 16.5. The minimum Gasteiger partial charge on any atom is -0.497 e. The van der Waals surface area contributed by atoms with Crippen molar-refractivity contribution in [2.45, 2.75) is 44.6 Å². The molecule has 5 nitrogen and oxygen atoms in total. The topological polar surface area (TPSA) is 63.2 Å². The number of amides is 1. The molecule has 5 heteroatoms. The van der Waals surface area contributed by atoms with E-state index < -0.39 is 0 Å². The van der Waals surface area contributed by atoms with E-state index in [1.165, 1.54) is 32.1 Å². The fraction of sp³-hybridized carbons (Fsp3) is 0.429. The van der Waals surface area contributed by atoms with Crippen molar-refractivity contribution in [1.82, 2.24) is 10.3 Å². The third-order valence-corrected chi connectivity index (χ3v) is 4.81. The zero-order chi connectivity index (χ0) is 18.2. The van der Waals surface area contributed by atoms with E-state index in [9.17, 15) is 4.79 Å². The first-order valence-corrected chi connectivity index (χ1v) is 9.38. The number of hydrogen-bond acceptors (Lipinski definition) is 4. The molecule has 1 aliphatic rings. The van der Waals surface area contributed by atoms with Crippen LogP contribution in [-0.4, -0.2) is 30.6 Å². The maximum Gasteiger partial charge on any atom is 0.251 e. The van der Waals surface area contributed by atoms with Crippen molar-refractivity contribution in [1.29, 1.82) is 0 Å². The minimum atomic E-state index is -0.0676. The van der Waals surface area contributed by atoms with Crippen molar-refractivity contribution in [3.05, 3.63) is 53.7 Å². The Kier molecular flexibility index (Phi) is 6.47. The highest BCUT2D eigenvalue weighted by molar-refractivity contribution is 5.94. The van der Waals surface area contributed by atoms with Gasteiger partial charge in [-0.05, 0) is 49.1 Å². The van der Waals surface area contributed by atoms with E-state index in [-0.39, 0.29) is 5.91 Å². The molecule has 0 bridgehead atoms. The zero-order valence-electron chi connectivity index (χ0n) is 15.3. The summed E-state index contributed by atoms with van der Waals surface area (Å²) in [6.45, 7) is 0.583. The molecule has 1 aromatic carbocycles. The quantitative estimate of drug-likeness (QED) is 0.794. The number of carbonyl (C=O) groups is 1. The van der Waals surface area contributed by atoms with Crippen LogP contribution in [0.4, 0.5) is 5.82 Å². The third-order valence-electron chi connectivity index (χ3n) is 4.81. The van der Waals surface area contributed by atoms with Gasteiger partial charge in [-0.15, -0.1) is 0 Å². The maximum atomic E-state index is 12.4. The van der Waals surface area contributed by atoms with Crippen LogP contribution in [0.5, 0.6) is 5.75 Å². The summed E-state index contributed by atoms with van der Waals surface area (Å²) in [5.41, 5.74) is 1.78. The van der Waals surface area contributed by atoms with Gasteiger partial charge in [0.15, 0.2) is 0 Å². The van der Waals surface area contributed by atoms with Gasteiger partial charge in [0.05, 0.1) is 7.11 Å². The molecule has 3 rings (SSSR count). The number of ether oxygens (including phenoxy) is 1. The molecule has 1 aliphatic carbocycles. The normalized spacial score (nSPS) is 14.7. The van der Waals surface area contributed by atoms with Crippen LogP contribution < -0.4 is 15.4 Å². The van der Waals surface area contributed by atoms with Crippen molar-refractivity contribution in [2.24, 2.45) is 0 Å². The number of carbonyl (C=O) groups excluding carboxylic acids is 1. The van der Waals surface area contributed by atoms with Gasteiger partial charge < -0.3 is 15.4 Å². The van der Waals surface area contributed by atoms with Crippen molar-refractivity contribution < 1.29 is 9.53 Å². The van der Waals surface area contributed by atoms with E-state index in [0.29, 0.717) is 18.2 Å². The van der Waals surface area contributed by atoms with Crippen LogP contribution in [-0.2, 0) is 6.42 Å². The monoisotopic (exact) mass is 353 g/mol. The summed E-state index contributed by atoms with van der Waals surface area (Å²) in [7, 11) is 1.66. The van der Waals surface area contributed by atoms with E-state index in [2.05, 4.69) is 15.6 Å². The van der Waals surface area contributed by atoms with Crippen LogP contribution in [0.2, 0.25) is 0 Å². The highest BCUT2D eigenvalue weighted by Crippen LogP contribution is 2.21. The number of methoxy groups -OCH3 is 1. The standard InChI is InChI=1S/C21H27N3O2/c1-26-19-9-5-6-16(14-19)10-12-23-21(25)17-11-13-22-20(15-17)24-18-7-3-2-4-8-18/h5-6,9,11,13-15,18H,2-4,7-8,10,12H2,1H3,(H,22,24)(H,23,25). The second-order valence-corrected chi connectivity index (χ2v) is 6.77. The van der Waals surface area contributed by atoms with E-state index in [1.54, 1.807) is 19.4 Å². The number of benzene rings is 1. The molecule has 1 aromatic heterocycles. The van der Waals surface area contributed by atoms with E-state index in [0.717, 1.165) is 23.6 Å². The summed E-state index contributed by atoms with van der Waals surface area (Å²) in [5, 5.41) is 6.45. The van der Waals surface area contributed by atoms with Crippen LogP contribution in [0.15, 0.2) is 42.6 Å². The molecule has 0 saturated heterocycles. The maximum absolute atomic E-state index is 12.4. The molecule has 1 amide bonds. The van der Waals surface area contributed by atoms with Crippen LogP contribution in [0.3, 0.4) is 0 Å². The van der Waals surface area contributed by atoms with Gasteiger partial charge in [0.1, 0.15) is 11.6 Å². The number of anilines is 1. The molecule has 2 N–H and O–H groups in total. The minimum absolute atomic E-state index is 0.0676. The Hall–Kier alpha value is -2.56. The molecule has 1 fully saturated rings. The molecule has 0 aliphatic heterocycles. The van der Waals surface area contributed by atoms with Gasteiger partial charge in [0.25, 0.3) is 5.91 Å². The highest BCUT2D eigenvalue weighted by Gasteiger charge is 2.14. The third kappa shape index (κ3) is 5.22. The fourth-order valence-corrected chi connectivity index (χ4v) is 3.36. The first-order chi connectivity index (χ1) is 12.7. The van der Waals surface area contributed by atoms with Gasteiger partial charge in [-0.2, -0.15) is 0 Å². The van der Waals surface area contributed by atoms with Crippen molar-refractivity contribution >= 4 is 11.7 Å². The van der Waals surface area contributed by atoms with Gasteiger partial charge in [-0.3, -0.25) is 4.79 Å². The van der Waals surface area contributed by atoms with E-state index in [4.69, 9.17) is 4.74 Å². The molecule has 0 unspecified atom stereocenters. The van der Waals surface area contributed by atoms with E-state index >= 15 is 0 Å². The lowest BCUT2D eigenvalue weighted by atomic mass is 9.95. The largest absolute Gasteiger partial charge is 0.497 e. The molecular weight excluding hydrogens is 326 g/mol. The molecule has 138 valence electrons. The molecule has 1 saturated carbocycles. The number of hydrogen-bond donors (Lipinski definition) is 2. The predicted molar refractivity (Wildman–Crippen MR) is 104 cm³/mol. The number of rotatable bonds is 7. The number of nitrogens with zero attached hydrogens (tertiary/aromatic N) is 1. The molecular formula is C21H27N3O2. The first-order valence-electron chi connectivity index (χ1n) is 9.38. The molecule has 2 aromatic rings. The average Bonchev–Trinajstić information content (AvgIpc) is 2.69. The van der Waals surface area contributed by atoms with Crippen molar-refractivity contribution in [2.75, 3.05) is 19.0 Å². The second-order valence-electron chi connectivity index (χ2n) is 6.77. The Bertz CT molecular complexity index is 727. The number of aromatic nitrogens is 1. The van der Waals surface area contributed by atoms with Gasteiger partial charge in [0, 0.05) is 24.3 Å². The Labute approximate surface area is 155 Å². The molecule has 26 heavy (non-hydrogen) atoms. The molecule has 1 heterocycles. The van der Waals surface area contributed by atoms with Crippen LogP contribution in [0.1, 0.15) is 48.0 Å².